The van der Waals surface area contributed by atoms with Crippen molar-refractivity contribution < 1.29 is 4.52 Å². The van der Waals surface area contributed by atoms with Gasteiger partial charge in [-0.1, -0.05) is 11.6 Å². The van der Waals surface area contributed by atoms with Crippen molar-refractivity contribution in [3.05, 3.63) is 23.7 Å². The standard InChI is InChI=1S/C12H18N6O.2ClH/c1-8-5-6-10(17-16-8)11-15-12(19-18-11)9(14)4-2-3-7-13;;/h5-6,9H,2-4,7,13-14H2,1H3;2*1H/t9-;;/m0../s1. The van der Waals surface area contributed by atoms with Crippen LogP contribution in [0.25, 0.3) is 11.5 Å². The molecule has 0 fully saturated rings. The monoisotopic (exact) mass is 334 g/mol. The Morgan fingerprint density at radius 3 is 2.57 bits per heavy atom. The fraction of sp³-hybridized carbons (Fsp3) is 0.500. The normalized spacial score (nSPS) is 11.4. The van der Waals surface area contributed by atoms with Crippen LogP contribution in [0.2, 0.25) is 0 Å². The Bertz CT molecular complexity index is 519. The molecule has 118 valence electrons. The molecule has 9 heteroatoms. The molecular formula is C12H20Cl2N6O. The van der Waals surface area contributed by atoms with E-state index in [1.54, 1.807) is 6.07 Å². The van der Waals surface area contributed by atoms with E-state index in [2.05, 4.69) is 20.3 Å². The molecule has 0 aliphatic rings. The van der Waals surface area contributed by atoms with Crippen LogP contribution in [0.5, 0.6) is 0 Å². The van der Waals surface area contributed by atoms with E-state index in [0.717, 1.165) is 25.0 Å². The van der Waals surface area contributed by atoms with E-state index in [1.807, 2.05) is 13.0 Å². The summed E-state index contributed by atoms with van der Waals surface area (Å²) < 4.78 is 5.16. The Kier molecular flexibility index (Phi) is 9.03. The van der Waals surface area contributed by atoms with E-state index in [-0.39, 0.29) is 30.9 Å². The smallest absolute Gasteiger partial charge is 0.243 e. The minimum absolute atomic E-state index is 0. The number of aryl methyl sites for hydroxylation is 1. The molecule has 0 aromatic carbocycles. The zero-order valence-electron chi connectivity index (χ0n) is 11.7. The van der Waals surface area contributed by atoms with Crippen LogP contribution in [-0.2, 0) is 0 Å². The molecule has 0 saturated carbocycles. The average molecular weight is 335 g/mol. The molecule has 4 N–H and O–H groups in total. The Morgan fingerprint density at radius 2 is 1.95 bits per heavy atom. The number of halogens is 2. The van der Waals surface area contributed by atoms with Crippen molar-refractivity contribution >= 4 is 24.8 Å². The Hall–Kier alpha value is -1.28. The SMILES string of the molecule is Cc1ccc(-c2noc([C@@H](N)CCCCN)n2)nn1.Cl.Cl. The van der Waals surface area contributed by atoms with Crippen molar-refractivity contribution in [2.75, 3.05) is 6.54 Å². The van der Waals surface area contributed by atoms with Crippen molar-refractivity contribution in [2.24, 2.45) is 11.5 Å². The second kappa shape index (κ2) is 9.62. The summed E-state index contributed by atoms with van der Waals surface area (Å²) in [6.07, 6.45) is 2.66. The van der Waals surface area contributed by atoms with E-state index in [1.165, 1.54) is 0 Å². The van der Waals surface area contributed by atoms with Gasteiger partial charge in [-0.05, 0) is 38.4 Å². The van der Waals surface area contributed by atoms with Crippen molar-refractivity contribution in [1.82, 2.24) is 20.3 Å². The molecule has 2 rings (SSSR count). The fourth-order valence-electron chi connectivity index (χ4n) is 1.64. The summed E-state index contributed by atoms with van der Waals surface area (Å²) in [7, 11) is 0. The number of nitrogens with zero attached hydrogens (tertiary/aromatic N) is 4. The molecule has 1 atom stereocenters. The summed E-state index contributed by atoms with van der Waals surface area (Å²) in [6.45, 7) is 2.53. The molecule has 2 aromatic rings. The number of hydrogen-bond acceptors (Lipinski definition) is 7. The first-order chi connectivity index (χ1) is 9.20. The maximum atomic E-state index is 5.98. The molecule has 0 saturated heterocycles. The Morgan fingerprint density at radius 1 is 1.19 bits per heavy atom. The van der Waals surface area contributed by atoms with Gasteiger partial charge in [0.25, 0.3) is 0 Å². The molecule has 0 radical (unpaired) electrons. The van der Waals surface area contributed by atoms with Crippen LogP contribution in [0.15, 0.2) is 16.7 Å². The number of hydrogen-bond donors (Lipinski definition) is 2. The molecule has 2 heterocycles. The summed E-state index contributed by atoms with van der Waals surface area (Å²) in [6, 6.07) is 3.39. The van der Waals surface area contributed by atoms with Crippen LogP contribution in [-0.4, -0.2) is 26.9 Å². The zero-order chi connectivity index (χ0) is 13.7. The molecular weight excluding hydrogens is 315 g/mol. The highest BCUT2D eigenvalue weighted by atomic mass is 35.5. The van der Waals surface area contributed by atoms with E-state index >= 15 is 0 Å². The summed E-state index contributed by atoms with van der Waals surface area (Å²) in [5.41, 5.74) is 12.8. The molecule has 0 spiro atoms. The largest absolute Gasteiger partial charge is 0.337 e. The highest BCUT2D eigenvalue weighted by Gasteiger charge is 2.16. The van der Waals surface area contributed by atoms with Crippen molar-refractivity contribution in [3.8, 4) is 11.5 Å². The van der Waals surface area contributed by atoms with Gasteiger partial charge in [-0.2, -0.15) is 10.1 Å². The third-order valence-electron chi connectivity index (χ3n) is 2.76. The predicted molar refractivity (Wildman–Crippen MR) is 84.4 cm³/mol. The van der Waals surface area contributed by atoms with Crippen molar-refractivity contribution in [2.45, 2.75) is 32.2 Å². The van der Waals surface area contributed by atoms with Gasteiger partial charge in [0.1, 0.15) is 5.69 Å². The molecule has 2 aromatic heterocycles. The third kappa shape index (κ3) is 5.55. The zero-order valence-corrected chi connectivity index (χ0v) is 13.4. The maximum Gasteiger partial charge on any atom is 0.243 e. The molecule has 0 aliphatic carbocycles. The number of rotatable bonds is 6. The first-order valence-corrected chi connectivity index (χ1v) is 6.30. The van der Waals surface area contributed by atoms with Gasteiger partial charge in [0.2, 0.25) is 11.7 Å². The number of nitrogens with two attached hydrogens (primary N) is 2. The predicted octanol–water partition coefficient (Wildman–Crippen LogP) is 1.81. The van der Waals surface area contributed by atoms with E-state index in [4.69, 9.17) is 16.0 Å². The minimum atomic E-state index is -0.258. The van der Waals surface area contributed by atoms with Crippen molar-refractivity contribution in [3.63, 3.8) is 0 Å². The van der Waals surface area contributed by atoms with Gasteiger partial charge in [0.05, 0.1) is 11.7 Å². The minimum Gasteiger partial charge on any atom is -0.337 e. The summed E-state index contributed by atoms with van der Waals surface area (Å²) in [5, 5.41) is 11.8. The highest BCUT2D eigenvalue weighted by Crippen LogP contribution is 2.18. The molecule has 7 nitrogen and oxygen atoms in total. The third-order valence-corrected chi connectivity index (χ3v) is 2.76. The van der Waals surface area contributed by atoms with E-state index in [9.17, 15) is 0 Å². The first kappa shape index (κ1) is 19.7. The topological polar surface area (TPSA) is 117 Å². The van der Waals surface area contributed by atoms with Gasteiger partial charge in [-0.15, -0.1) is 29.9 Å². The lowest BCUT2D eigenvalue weighted by Crippen LogP contribution is -2.11. The molecule has 0 aliphatic heterocycles. The average Bonchev–Trinajstić information content (AvgIpc) is 2.89. The maximum absolute atomic E-state index is 5.98. The van der Waals surface area contributed by atoms with Crippen LogP contribution >= 0.6 is 24.8 Å². The Balaban J connectivity index is 0.00000200. The lowest BCUT2D eigenvalue weighted by molar-refractivity contribution is 0.346. The van der Waals surface area contributed by atoms with Gasteiger partial charge >= 0.3 is 0 Å². The van der Waals surface area contributed by atoms with Crippen LogP contribution < -0.4 is 11.5 Å². The van der Waals surface area contributed by atoms with Crippen LogP contribution in [0, 0.1) is 6.92 Å². The number of unbranched alkanes of at least 4 members (excludes halogenated alkanes) is 1. The van der Waals surface area contributed by atoms with Gasteiger partial charge in [0.15, 0.2) is 0 Å². The van der Waals surface area contributed by atoms with E-state index in [0.29, 0.717) is 24.0 Å². The van der Waals surface area contributed by atoms with Crippen LogP contribution in [0.1, 0.15) is 36.9 Å². The van der Waals surface area contributed by atoms with Crippen LogP contribution in [0.4, 0.5) is 0 Å². The highest BCUT2D eigenvalue weighted by molar-refractivity contribution is 5.85. The van der Waals surface area contributed by atoms with Gasteiger partial charge < -0.3 is 16.0 Å². The van der Waals surface area contributed by atoms with E-state index < -0.39 is 0 Å². The lowest BCUT2D eigenvalue weighted by atomic mass is 10.1. The molecule has 0 amide bonds. The quantitative estimate of drug-likeness (QED) is 0.773. The second-order valence-electron chi connectivity index (χ2n) is 4.41. The lowest BCUT2D eigenvalue weighted by Gasteiger charge is -2.04. The second-order valence-corrected chi connectivity index (χ2v) is 4.41. The van der Waals surface area contributed by atoms with Crippen molar-refractivity contribution in [1.29, 1.82) is 0 Å². The van der Waals surface area contributed by atoms with Crippen LogP contribution in [0.3, 0.4) is 0 Å². The van der Waals surface area contributed by atoms with Gasteiger partial charge in [-0.25, -0.2) is 0 Å². The Labute approximate surface area is 135 Å². The summed E-state index contributed by atoms with van der Waals surface area (Å²) in [5.74, 6) is 0.839. The van der Waals surface area contributed by atoms with Gasteiger partial charge in [0, 0.05) is 0 Å². The molecule has 0 unspecified atom stereocenters. The summed E-state index contributed by atoms with van der Waals surface area (Å²) in [4.78, 5) is 4.25. The van der Waals surface area contributed by atoms with Gasteiger partial charge in [-0.3, -0.25) is 0 Å². The molecule has 21 heavy (non-hydrogen) atoms. The summed E-state index contributed by atoms with van der Waals surface area (Å²) >= 11 is 0. The number of aromatic nitrogens is 4. The first-order valence-electron chi connectivity index (χ1n) is 6.30. The molecule has 0 bridgehead atoms. The fourth-order valence-corrected chi connectivity index (χ4v) is 1.64.